The average molecular weight is 877 g/mol. The highest BCUT2D eigenvalue weighted by Crippen LogP contribution is 2.53. The number of aromatic nitrogens is 4. The minimum absolute atomic E-state index is 0.0609. The Morgan fingerprint density at radius 1 is 0.523 bits per heavy atom. The lowest BCUT2D eigenvalue weighted by molar-refractivity contribution is -0.151. The highest BCUT2D eigenvalue weighted by atomic mass is 16.5. The SMILES string of the molecule is COC(=O)C(C)(C)C1c2ccc(C)nc2Oc2nc(-c3ccc(C(=O)N(C)C)cc3)ccc21.Cc1ccc2c(n1)Oc1nc(-c3ccc(C(=O)N(C)C)cc3)ccc1C2C(C)(C)C(=O)O. The van der Waals surface area contributed by atoms with Crippen LogP contribution in [-0.4, -0.2) is 93.9 Å². The second-order valence-electron chi connectivity index (χ2n) is 17.7. The summed E-state index contributed by atoms with van der Waals surface area (Å²) in [5.41, 5.74) is 6.91. The minimum Gasteiger partial charge on any atom is -0.481 e. The van der Waals surface area contributed by atoms with Crippen LogP contribution in [0.1, 0.15) is 93.9 Å². The lowest BCUT2D eigenvalue weighted by Crippen LogP contribution is -2.35. The van der Waals surface area contributed by atoms with Crippen LogP contribution in [-0.2, 0) is 14.3 Å². The Kier molecular flexibility index (Phi) is 12.3. The van der Waals surface area contributed by atoms with Gasteiger partial charge in [0, 0.05) is 95.9 Å². The molecule has 2 aliphatic rings. The van der Waals surface area contributed by atoms with Gasteiger partial charge in [-0.2, -0.15) is 0 Å². The van der Waals surface area contributed by atoms with E-state index in [0.29, 0.717) is 51.6 Å². The van der Waals surface area contributed by atoms with Gasteiger partial charge in [-0.15, -0.1) is 0 Å². The van der Waals surface area contributed by atoms with E-state index in [-0.39, 0.29) is 23.7 Å². The van der Waals surface area contributed by atoms with Crippen LogP contribution in [0.15, 0.2) is 97.1 Å². The smallest absolute Gasteiger partial charge is 0.312 e. The van der Waals surface area contributed by atoms with Gasteiger partial charge in [0.2, 0.25) is 23.5 Å². The first-order chi connectivity index (χ1) is 30.7. The molecule has 0 saturated heterocycles. The molecule has 0 spiro atoms. The van der Waals surface area contributed by atoms with Crippen molar-refractivity contribution in [1.29, 1.82) is 0 Å². The van der Waals surface area contributed by atoms with E-state index in [4.69, 9.17) is 24.2 Å². The van der Waals surface area contributed by atoms with Gasteiger partial charge < -0.3 is 29.1 Å². The van der Waals surface area contributed by atoms with Crippen molar-refractivity contribution in [2.45, 2.75) is 53.4 Å². The molecule has 2 aliphatic heterocycles. The largest absolute Gasteiger partial charge is 0.481 e. The number of carbonyl (C=O) groups excluding carboxylic acids is 3. The molecule has 14 nitrogen and oxygen atoms in total. The van der Waals surface area contributed by atoms with Gasteiger partial charge in [-0.3, -0.25) is 19.2 Å². The van der Waals surface area contributed by atoms with Gasteiger partial charge in [0.05, 0.1) is 29.3 Å². The molecule has 2 aromatic carbocycles. The Morgan fingerprint density at radius 3 is 1.20 bits per heavy atom. The number of ether oxygens (including phenoxy) is 3. The van der Waals surface area contributed by atoms with Crippen LogP contribution in [0.5, 0.6) is 23.5 Å². The van der Waals surface area contributed by atoms with Crippen molar-refractivity contribution in [3.8, 4) is 46.0 Å². The molecule has 0 radical (unpaired) electrons. The number of fused-ring (bicyclic) bond motifs is 4. The highest BCUT2D eigenvalue weighted by molar-refractivity contribution is 5.95. The molecule has 6 aromatic rings. The number of carboxylic acids is 1. The first kappa shape index (κ1) is 45.5. The van der Waals surface area contributed by atoms with Gasteiger partial charge in [0.25, 0.3) is 11.8 Å². The number of amides is 2. The summed E-state index contributed by atoms with van der Waals surface area (Å²) in [5.74, 6) is -0.579. The summed E-state index contributed by atoms with van der Waals surface area (Å²) in [6, 6.07) is 29.6. The number of aryl methyl sites for hydroxylation is 2. The lowest BCUT2D eigenvalue weighted by Gasteiger charge is -2.36. The lowest BCUT2D eigenvalue weighted by atomic mass is 9.70. The zero-order valence-corrected chi connectivity index (χ0v) is 38.4. The Morgan fingerprint density at radius 2 is 0.862 bits per heavy atom. The fraction of sp³-hybridized carbons (Fsp3) is 0.294. The molecule has 1 N–H and O–H groups in total. The summed E-state index contributed by atoms with van der Waals surface area (Å²) in [5, 5.41) is 9.93. The Hall–Kier alpha value is -7.48. The summed E-state index contributed by atoms with van der Waals surface area (Å²) in [4.78, 5) is 70.7. The normalized spacial score (nSPS) is 14.6. The molecular weight excluding hydrogens is 825 g/mol. The fourth-order valence-corrected chi connectivity index (χ4v) is 8.18. The summed E-state index contributed by atoms with van der Waals surface area (Å²) in [6.45, 7) is 10.9. The van der Waals surface area contributed by atoms with Gasteiger partial charge in [0.1, 0.15) is 0 Å². The molecule has 6 heterocycles. The van der Waals surface area contributed by atoms with E-state index >= 15 is 0 Å². The van der Waals surface area contributed by atoms with Crippen molar-refractivity contribution < 1.29 is 38.5 Å². The van der Waals surface area contributed by atoms with Crippen molar-refractivity contribution >= 4 is 23.8 Å². The van der Waals surface area contributed by atoms with Crippen molar-refractivity contribution in [3.63, 3.8) is 0 Å². The molecule has 0 aliphatic carbocycles. The van der Waals surface area contributed by atoms with Gasteiger partial charge in [-0.25, -0.2) is 19.9 Å². The van der Waals surface area contributed by atoms with E-state index in [1.54, 1.807) is 66.3 Å². The van der Waals surface area contributed by atoms with Crippen LogP contribution in [0.4, 0.5) is 0 Å². The number of nitrogens with zero attached hydrogens (tertiary/aromatic N) is 6. The summed E-state index contributed by atoms with van der Waals surface area (Å²) >= 11 is 0. The van der Waals surface area contributed by atoms with Gasteiger partial charge in [-0.05, 0) is 90.1 Å². The van der Waals surface area contributed by atoms with Crippen LogP contribution in [0.2, 0.25) is 0 Å². The van der Waals surface area contributed by atoms with E-state index in [1.165, 1.54) is 16.9 Å². The quantitative estimate of drug-likeness (QED) is 0.144. The Labute approximate surface area is 378 Å². The van der Waals surface area contributed by atoms with E-state index < -0.39 is 22.7 Å². The van der Waals surface area contributed by atoms with Crippen LogP contribution < -0.4 is 9.47 Å². The predicted molar refractivity (Wildman–Crippen MR) is 244 cm³/mol. The average Bonchev–Trinajstić information content (AvgIpc) is 3.28. The predicted octanol–water partition coefficient (Wildman–Crippen LogP) is 9.09. The van der Waals surface area contributed by atoms with E-state index in [2.05, 4.69) is 9.97 Å². The molecule has 8 rings (SSSR count). The zero-order chi connectivity index (χ0) is 47.1. The number of aliphatic carboxylic acids is 1. The monoisotopic (exact) mass is 876 g/mol. The van der Waals surface area contributed by atoms with Gasteiger partial charge >= 0.3 is 11.9 Å². The molecule has 0 saturated carbocycles. The maximum atomic E-state index is 12.7. The molecule has 334 valence electrons. The molecule has 0 bridgehead atoms. The van der Waals surface area contributed by atoms with Gasteiger partial charge in [0.15, 0.2) is 0 Å². The third kappa shape index (κ3) is 8.76. The maximum Gasteiger partial charge on any atom is 0.312 e. The second-order valence-corrected chi connectivity index (χ2v) is 17.7. The Balaban J connectivity index is 0.000000194. The topological polar surface area (TPSA) is 174 Å². The number of rotatable bonds is 8. The van der Waals surface area contributed by atoms with E-state index in [1.807, 2.05) is 100 Å². The molecule has 65 heavy (non-hydrogen) atoms. The maximum absolute atomic E-state index is 12.7. The van der Waals surface area contributed by atoms with Gasteiger partial charge in [-0.1, -0.05) is 48.5 Å². The van der Waals surface area contributed by atoms with E-state index in [0.717, 1.165) is 39.2 Å². The number of methoxy groups -OCH3 is 1. The van der Waals surface area contributed by atoms with Crippen LogP contribution in [0.3, 0.4) is 0 Å². The molecule has 2 atom stereocenters. The number of benzene rings is 2. The standard InChI is InChI=1S/C26H27N3O4.C25H25N3O4/c1-15-7-12-18-21(26(2,3)25(31)32-6)19-13-14-20(28-23(19)33-22(18)27-15)16-8-10-17(11-9-16)24(30)29(4)5;1-14-6-11-17-20(25(2,3)24(30)31)18-12-13-19(27-22(18)32-21(17)26-14)15-7-9-16(10-8-15)23(29)28(4)5/h7-14,21H,1-6H3;6-13,20H,1-5H3,(H,30,31). The summed E-state index contributed by atoms with van der Waals surface area (Å²) in [6.07, 6.45) is 0. The molecule has 4 aromatic heterocycles. The zero-order valence-electron chi connectivity index (χ0n) is 38.4. The first-order valence-corrected chi connectivity index (χ1v) is 21.0. The fourth-order valence-electron chi connectivity index (χ4n) is 8.18. The van der Waals surface area contributed by atoms with Crippen LogP contribution >= 0.6 is 0 Å². The molecule has 14 heteroatoms. The Bertz CT molecular complexity index is 2840. The van der Waals surface area contributed by atoms with E-state index in [9.17, 15) is 24.3 Å². The number of carboxylic acid groups (broad SMARTS) is 1. The highest BCUT2D eigenvalue weighted by Gasteiger charge is 2.46. The summed E-state index contributed by atoms with van der Waals surface area (Å²) < 4.78 is 17.3. The molecule has 2 amide bonds. The number of pyridine rings is 4. The third-order valence-electron chi connectivity index (χ3n) is 11.8. The second kappa shape index (κ2) is 17.6. The number of carbonyl (C=O) groups is 4. The van der Waals surface area contributed by atoms with Crippen LogP contribution in [0, 0.1) is 24.7 Å². The van der Waals surface area contributed by atoms with Crippen LogP contribution in [0.25, 0.3) is 22.5 Å². The number of hydrogen-bond donors (Lipinski definition) is 1. The van der Waals surface area contributed by atoms with Crippen molar-refractivity contribution in [2.24, 2.45) is 10.8 Å². The molecular formula is C51H52N6O8. The molecule has 2 unspecified atom stereocenters. The third-order valence-corrected chi connectivity index (χ3v) is 11.8. The van der Waals surface area contributed by atoms with Crippen molar-refractivity contribution in [1.82, 2.24) is 29.7 Å². The number of esters is 1. The minimum atomic E-state index is -1.10. The van der Waals surface area contributed by atoms with Crippen molar-refractivity contribution in [2.75, 3.05) is 35.3 Å². The van der Waals surface area contributed by atoms with Crippen molar-refractivity contribution in [3.05, 3.63) is 142 Å². The first-order valence-electron chi connectivity index (χ1n) is 21.0. The summed E-state index contributed by atoms with van der Waals surface area (Å²) in [7, 11) is 8.25. The number of hydrogen-bond acceptors (Lipinski definition) is 11. The molecule has 0 fully saturated rings.